The third kappa shape index (κ3) is 2.35. The molecule has 4 aliphatic rings. The molecule has 3 fully saturated rings. The fourth-order valence-electron chi connectivity index (χ4n) is 6.07. The first-order chi connectivity index (χ1) is 14.9. The average molecular weight is 521 g/mol. The van der Waals surface area contributed by atoms with Crippen molar-refractivity contribution >= 4 is 68.2 Å². The van der Waals surface area contributed by atoms with Crippen LogP contribution in [0.1, 0.15) is 18.4 Å². The molecule has 31 heavy (non-hydrogen) atoms. The fourth-order valence-corrected chi connectivity index (χ4v) is 6.80. The molecule has 9 heteroatoms. The van der Waals surface area contributed by atoms with Crippen molar-refractivity contribution in [2.45, 2.75) is 24.4 Å². The van der Waals surface area contributed by atoms with E-state index >= 15 is 0 Å². The maximum Gasteiger partial charge on any atom is 0.250 e. The van der Waals surface area contributed by atoms with E-state index in [-0.39, 0.29) is 28.6 Å². The molecule has 4 aliphatic heterocycles. The number of carbonyl (C=O) groups is 3. The molecule has 4 atom stereocenters. The molecule has 2 aromatic rings. The number of halogens is 3. The van der Waals surface area contributed by atoms with Gasteiger partial charge in [-0.3, -0.25) is 19.3 Å². The molecular formula is C22H16BrCl2N3O3. The maximum atomic E-state index is 13.9. The Morgan fingerprint density at radius 3 is 2.68 bits per heavy atom. The lowest BCUT2D eigenvalue weighted by atomic mass is 9.75. The highest BCUT2D eigenvalue weighted by molar-refractivity contribution is 9.10. The fraction of sp³-hybridized carbons (Fsp3) is 0.318. The van der Waals surface area contributed by atoms with Crippen LogP contribution in [-0.2, 0) is 19.9 Å². The summed E-state index contributed by atoms with van der Waals surface area (Å²) in [6.45, 7) is 0.662. The predicted octanol–water partition coefficient (Wildman–Crippen LogP) is 4.19. The number of nitrogens with zero attached hydrogens (tertiary/aromatic N) is 2. The van der Waals surface area contributed by atoms with Gasteiger partial charge in [0.1, 0.15) is 5.54 Å². The van der Waals surface area contributed by atoms with Crippen LogP contribution < -0.4 is 10.2 Å². The topological polar surface area (TPSA) is 69.7 Å². The zero-order chi connectivity index (χ0) is 21.7. The summed E-state index contributed by atoms with van der Waals surface area (Å²) in [5.41, 5.74) is 0.480. The van der Waals surface area contributed by atoms with Crippen molar-refractivity contribution in [3.8, 4) is 0 Å². The van der Waals surface area contributed by atoms with E-state index in [4.69, 9.17) is 23.2 Å². The van der Waals surface area contributed by atoms with Crippen LogP contribution in [0, 0.1) is 11.8 Å². The van der Waals surface area contributed by atoms with Crippen LogP contribution in [0.5, 0.6) is 0 Å². The number of imide groups is 1. The Morgan fingerprint density at radius 2 is 1.87 bits per heavy atom. The van der Waals surface area contributed by atoms with Gasteiger partial charge in [-0.25, -0.2) is 4.90 Å². The first kappa shape index (κ1) is 19.7. The molecule has 0 aliphatic carbocycles. The van der Waals surface area contributed by atoms with Crippen molar-refractivity contribution in [1.82, 2.24) is 4.90 Å². The van der Waals surface area contributed by atoms with Gasteiger partial charge in [-0.1, -0.05) is 39.1 Å². The summed E-state index contributed by atoms with van der Waals surface area (Å²) in [6, 6.07) is 10.1. The maximum absolute atomic E-state index is 13.9. The first-order valence-corrected chi connectivity index (χ1v) is 11.6. The van der Waals surface area contributed by atoms with Crippen LogP contribution in [0.15, 0.2) is 40.9 Å². The molecular weight excluding hydrogens is 505 g/mol. The number of hydrogen-bond donors (Lipinski definition) is 1. The average Bonchev–Trinajstić information content (AvgIpc) is 3.43. The van der Waals surface area contributed by atoms with Crippen LogP contribution in [0.4, 0.5) is 11.4 Å². The highest BCUT2D eigenvalue weighted by Crippen LogP contribution is 2.61. The smallest absolute Gasteiger partial charge is 0.250 e. The number of fused-ring (bicyclic) bond motifs is 7. The van der Waals surface area contributed by atoms with Crippen molar-refractivity contribution in [3.05, 3.63) is 56.5 Å². The minimum Gasteiger partial charge on any atom is -0.324 e. The number of amides is 3. The van der Waals surface area contributed by atoms with Crippen LogP contribution in [0.3, 0.4) is 0 Å². The normalized spacial score (nSPS) is 31.4. The lowest BCUT2D eigenvalue weighted by Gasteiger charge is -2.36. The largest absolute Gasteiger partial charge is 0.324 e. The van der Waals surface area contributed by atoms with Gasteiger partial charge < -0.3 is 5.32 Å². The first-order valence-electron chi connectivity index (χ1n) is 10.1. The van der Waals surface area contributed by atoms with Gasteiger partial charge in [-0.05, 0) is 55.8 Å². The van der Waals surface area contributed by atoms with Gasteiger partial charge in [-0.2, -0.15) is 0 Å². The second kappa shape index (κ2) is 6.54. The van der Waals surface area contributed by atoms with E-state index in [1.54, 1.807) is 12.1 Å². The van der Waals surface area contributed by atoms with E-state index in [2.05, 4.69) is 26.1 Å². The predicted molar refractivity (Wildman–Crippen MR) is 120 cm³/mol. The molecule has 6 nitrogen and oxygen atoms in total. The molecule has 1 N–H and O–H groups in total. The highest BCUT2D eigenvalue weighted by atomic mass is 79.9. The molecule has 0 radical (unpaired) electrons. The third-order valence-electron chi connectivity index (χ3n) is 7.10. The lowest BCUT2D eigenvalue weighted by molar-refractivity contribution is -0.135. The molecule has 1 spiro atoms. The molecule has 6 rings (SSSR count). The summed E-state index contributed by atoms with van der Waals surface area (Å²) < 4.78 is 0.813. The Morgan fingerprint density at radius 1 is 1.06 bits per heavy atom. The summed E-state index contributed by atoms with van der Waals surface area (Å²) in [5, 5.41) is 3.61. The van der Waals surface area contributed by atoms with Crippen LogP contribution >= 0.6 is 39.1 Å². The Kier molecular flexibility index (Phi) is 4.16. The zero-order valence-electron chi connectivity index (χ0n) is 16.1. The second-order valence-electron chi connectivity index (χ2n) is 8.42. The molecule has 3 saturated heterocycles. The molecule has 0 bridgehead atoms. The van der Waals surface area contributed by atoms with Crippen molar-refractivity contribution in [2.24, 2.45) is 11.8 Å². The van der Waals surface area contributed by atoms with E-state index in [1.807, 2.05) is 18.2 Å². The second-order valence-corrected chi connectivity index (χ2v) is 10.2. The monoisotopic (exact) mass is 519 g/mol. The van der Waals surface area contributed by atoms with E-state index in [1.165, 1.54) is 6.07 Å². The molecule has 0 saturated carbocycles. The van der Waals surface area contributed by atoms with Crippen LogP contribution in [-0.4, -0.2) is 35.2 Å². The van der Waals surface area contributed by atoms with E-state index in [9.17, 15) is 14.4 Å². The van der Waals surface area contributed by atoms with Gasteiger partial charge in [0, 0.05) is 26.8 Å². The van der Waals surface area contributed by atoms with Gasteiger partial charge >= 0.3 is 0 Å². The molecule has 0 aromatic heterocycles. The number of benzene rings is 2. The number of rotatable bonds is 1. The highest BCUT2D eigenvalue weighted by Gasteiger charge is 2.74. The van der Waals surface area contributed by atoms with Crippen molar-refractivity contribution in [2.75, 3.05) is 16.8 Å². The van der Waals surface area contributed by atoms with Crippen molar-refractivity contribution in [1.29, 1.82) is 0 Å². The van der Waals surface area contributed by atoms with E-state index in [0.717, 1.165) is 27.8 Å². The summed E-state index contributed by atoms with van der Waals surface area (Å²) >= 11 is 16.0. The summed E-state index contributed by atoms with van der Waals surface area (Å²) in [5.74, 6) is -2.41. The minimum absolute atomic E-state index is 0.180. The Hall–Kier alpha value is -1.93. The standard InChI is InChI=1S/C22H16BrCl2N3O3/c23-10-3-6-14-12(8-10)22(21(31)26-14)18-17(15-2-1-7-27(15)22)19(29)28(20(18)30)16-9-11(24)4-5-13(16)25/h3-6,8-9,15,17-18H,1-2,7H2,(H,26,31). The third-order valence-corrected chi connectivity index (χ3v) is 8.15. The summed E-state index contributed by atoms with van der Waals surface area (Å²) in [6.07, 6.45) is 1.63. The minimum atomic E-state index is -1.21. The number of hydrogen-bond acceptors (Lipinski definition) is 4. The lowest BCUT2D eigenvalue weighted by Crippen LogP contribution is -2.54. The Labute approximate surface area is 196 Å². The Balaban J connectivity index is 1.58. The van der Waals surface area contributed by atoms with Gasteiger partial charge in [-0.15, -0.1) is 0 Å². The summed E-state index contributed by atoms with van der Waals surface area (Å²) in [7, 11) is 0. The quantitative estimate of drug-likeness (QED) is 0.572. The van der Waals surface area contributed by atoms with Gasteiger partial charge in [0.05, 0.1) is 22.5 Å². The molecule has 4 heterocycles. The molecule has 158 valence electrons. The van der Waals surface area contributed by atoms with Crippen molar-refractivity contribution in [3.63, 3.8) is 0 Å². The SMILES string of the molecule is O=C1C2C3CCCN3C3(C(=O)Nc4ccc(Br)cc43)C2C(=O)N1c1cc(Cl)ccc1Cl. The number of anilines is 2. The number of carbonyl (C=O) groups excluding carboxylic acids is 3. The van der Waals surface area contributed by atoms with Gasteiger partial charge in [0.25, 0.3) is 0 Å². The zero-order valence-corrected chi connectivity index (χ0v) is 19.2. The molecule has 2 aromatic carbocycles. The molecule has 4 unspecified atom stereocenters. The van der Waals surface area contributed by atoms with Crippen LogP contribution in [0.2, 0.25) is 10.0 Å². The molecule has 3 amide bonds. The summed E-state index contributed by atoms with van der Waals surface area (Å²) in [4.78, 5) is 44.3. The van der Waals surface area contributed by atoms with Gasteiger partial charge in [0.15, 0.2) is 0 Å². The van der Waals surface area contributed by atoms with E-state index in [0.29, 0.717) is 17.3 Å². The van der Waals surface area contributed by atoms with Crippen LogP contribution in [0.25, 0.3) is 0 Å². The van der Waals surface area contributed by atoms with Gasteiger partial charge in [0.2, 0.25) is 17.7 Å². The van der Waals surface area contributed by atoms with E-state index < -0.39 is 23.3 Å². The number of nitrogens with one attached hydrogen (secondary N) is 1. The van der Waals surface area contributed by atoms with Crippen molar-refractivity contribution < 1.29 is 14.4 Å². The Bertz CT molecular complexity index is 1200.